The minimum atomic E-state index is 0.145. The van der Waals surface area contributed by atoms with Gasteiger partial charge in [-0.05, 0) is 25.0 Å². The second-order valence-corrected chi connectivity index (χ2v) is 3.16. The predicted octanol–water partition coefficient (Wildman–Crippen LogP) is 0.949. The van der Waals surface area contributed by atoms with Crippen molar-refractivity contribution in [2.45, 2.75) is 18.9 Å². The number of aromatic amines is 1. The fraction of sp³-hybridized carbons (Fsp3) is 0.444. The van der Waals surface area contributed by atoms with E-state index in [2.05, 4.69) is 10.3 Å². The second kappa shape index (κ2) is 3.11. The van der Waals surface area contributed by atoms with Crippen LogP contribution in [0.5, 0.6) is 0 Å². The summed E-state index contributed by atoms with van der Waals surface area (Å²) in [6.07, 6.45) is 4.21. The highest BCUT2D eigenvalue weighted by atomic mass is 16.1. The van der Waals surface area contributed by atoms with Crippen LogP contribution in [0.25, 0.3) is 0 Å². The number of carbonyl (C=O) groups excluding carboxylic acids is 1. The first-order chi connectivity index (χ1) is 5.86. The maximum Gasteiger partial charge on any atom is 0.192 e. The van der Waals surface area contributed by atoms with E-state index in [0.29, 0.717) is 18.3 Å². The predicted molar refractivity (Wildman–Crippen MR) is 46.1 cm³/mol. The number of rotatable bonds is 4. The highest BCUT2D eigenvalue weighted by molar-refractivity contribution is 5.95. The molecule has 1 aromatic heterocycles. The van der Waals surface area contributed by atoms with Crippen molar-refractivity contribution in [1.29, 1.82) is 0 Å². The van der Waals surface area contributed by atoms with Crippen LogP contribution in [-0.4, -0.2) is 23.4 Å². The topological polar surface area (TPSA) is 44.9 Å². The molecular weight excluding hydrogens is 152 g/mol. The molecule has 0 radical (unpaired) electrons. The third-order valence-electron chi connectivity index (χ3n) is 2.03. The third kappa shape index (κ3) is 1.74. The number of Topliss-reactive ketones (excluding diaryl/α,β-unsaturated/α-hetero) is 1. The van der Waals surface area contributed by atoms with Gasteiger partial charge in [0, 0.05) is 12.2 Å². The van der Waals surface area contributed by atoms with Crippen molar-refractivity contribution in [3.63, 3.8) is 0 Å². The summed E-state index contributed by atoms with van der Waals surface area (Å²) in [6.45, 7) is 0.463. The third-order valence-corrected chi connectivity index (χ3v) is 2.03. The summed E-state index contributed by atoms with van der Waals surface area (Å²) in [7, 11) is 0. The monoisotopic (exact) mass is 164 g/mol. The van der Waals surface area contributed by atoms with Crippen molar-refractivity contribution < 1.29 is 4.79 Å². The molecule has 0 aromatic carbocycles. The first-order valence-corrected chi connectivity index (χ1v) is 4.26. The van der Waals surface area contributed by atoms with E-state index in [4.69, 9.17) is 0 Å². The molecule has 0 unspecified atom stereocenters. The molecule has 3 heteroatoms. The number of aromatic nitrogens is 1. The molecule has 12 heavy (non-hydrogen) atoms. The molecule has 0 spiro atoms. The van der Waals surface area contributed by atoms with Gasteiger partial charge in [0.25, 0.3) is 0 Å². The smallest absolute Gasteiger partial charge is 0.192 e. The Hall–Kier alpha value is -1.09. The molecule has 64 valence electrons. The van der Waals surface area contributed by atoms with E-state index in [1.165, 1.54) is 12.8 Å². The van der Waals surface area contributed by atoms with E-state index in [1.54, 1.807) is 12.3 Å². The molecule has 0 aliphatic heterocycles. The van der Waals surface area contributed by atoms with Gasteiger partial charge < -0.3 is 10.3 Å². The summed E-state index contributed by atoms with van der Waals surface area (Å²) in [5, 5.41) is 3.18. The van der Waals surface area contributed by atoms with Gasteiger partial charge >= 0.3 is 0 Å². The zero-order valence-electron chi connectivity index (χ0n) is 6.84. The Morgan fingerprint density at radius 2 is 2.50 bits per heavy atom. The van der Waals surface area contributed by atoms with Crippen molar-refractivity contribution in [1.82, 2.24) is 10.3 Å². The minimum absolute atomic E-state index is 0.145. The Morgan fingerprint density at radius 1 is 1.67 bits per heavy atom. The fourth-order valence-corrected chi connectivity index (χ4v) is 1.12. The van der Waals surface area contributed by atoms with E-state index in [-0.39, 0.29) is 5.78 Å². The summed E-state index contributed by atoms with van der Waals surface area (Å²) in [6, 6.07) is 4.24. The summed E-state index contributed by atoms with van der Waals surface area (Å²) >= 11 is 0. The van der Waals surface area contributed by atoms with Gasteiger partial charge in [-0.25, -0.2) is 0 Å². The summed E-state index contributed by atoms with van der Waals surface area (Å²) in [5.74, 6) is 0.145. The highest BCUT2D eigenvalue weighted by Crippen LogP contribution is 2.18. The zero-order chi connectivity index (χ0) is 8.39. The van der Waals surface area contributed by atoms with Crippen molar-refractivity contribution in [2.24, 2.45) is 0 Å². The fourth-order valence-electron chi connectivity index (χ4n) is 1.12. The number of hydrogen-bond donors (Lipinski definition) is 2. The maximum atomic E-state index is 11.3. The van der Waals surface area contributed by atoms with Crippen LogP contribution in [0.3, 0.4) is 0 Å². The molecule has 2 N–H and O–H groups in total. The van der Waals surface area contributed by atoms with Crippen molar-refractivity contribution >= 4 is 5.78 Å². The second-order valence-electron chi connectivity index (χ2n) is 3.16. The Labute approximate surface area is 71.2 Å². The number of ketones is 1. The van der Waals surface area contributed by atoms with E-state index in [9.17, 15) is 4.79 Å². The molecule has 1 heterocycles. The van der Waals surface area contributed by atoms with Gasteiger partial charge in [0.2, 0.25) is 0 Å². The lowest BCUT2D eigenvalue weighted by molar-refractivity contribution is 0.0986. The Kier molecular flexibility index (Phi) is 1.96. The maximum absolute atomic E-state index is 11.3. The van der Waals surface area contributed by atoms with Gasteiger partial charge in [0.05, 0.1) is 12.2 Å². The highest BCUT2D eigenvalue weighted by Gasteiger charge is 2.21. The normalized spacial score (nSPS) is 16.3. The van der Waals surface area contributed by atoms with Gasteiger partial charge in [-0.3, -0.25) is 4.79 Å². The van der Waals surface area contributed by atoms with Gasteiger partial charge in [0.15, 0.2) is 5.78 Å². The first-order valence-electron chi connectivity index (χ1n) is 4.26. The van der Waals surface area contributed by atoms with E-state index in [0.717, 1.165) is 0 Å². The average Bonchev–Trinajstić information content (AvgIpc) is 2.74. The molecule has 3 nitrogen and oxygen atoms in total. The number of carbonyl (C=O) groups is 1. The Morgan fingerprint density at radius 3 is 3.08 bits per heavy atom. The van der Waals surface area contributed by atoms with E-state index < -0.39 is 0 Å². The molecule has 1 saturated carbocycles. The van der Waals surface area contributed by atoms with Gasteiger partial charge in [-0.2, -0.15) is 0 Å². The lowest BCUT2D eigenvalue weighted by Crippen LogP contribution is -2.24. The molecule has 1 aromatic rings. The standard InChI is InChI=1S/C9H12N2O/c12-9(6-11-7-3-4-7)8-2-1-5-10-8/h1-2,5,7,10-11H,3-4,6H2. The average molecular weight is 164 g/mol. The van der Waals surface area contributed by atoms with Crippen LogP contribution in [0.1, 0.15) is 23.3 Å². The van der Waals surface area contributed by atoms with Crippen LogP contribution in [0, 0.1) is 0 Å². The van der Waals surface area contributed by atoms with Crippen molar-refractivity contribution in [3.05, 3.63) is 24.0 Å². The van der Waals surface area contributed by atoms with Crippen LogP contribution in [0.4, 0.5) is 0 Å². The van der Waals surface area contributed by atoms with Gasteiger partial charge in [-0.1, -0.05) is 0 Å². The molecule has 0 atom stereocenters. The molecule has 2 rings (SSSR count). The molecular formula is C9H12N2O. The number of hydrogen-bond acceptors (Lipinski definition) is 2. The number of H-pyrrole nitrogens is 1. The van der Waals surface area contributed by atoms with Crippen LogP contribution in [-0.2, 0) is 0 Å². The molecule has 0 amide bonds. The molecule has 1 aliphatic rings. The van der Waals surface area contributed by atoms with Crippen LogP contribution in [0.2, 0.25) is 0 Å². The van der Waals surface area contributed by atoms with Crippen LogP contribution in [0.15, 0.2) is 18.3 Å². The van der Waals surface area contributed by atoms with Crippen LogP contribution < -0.4 is 5.32 Å². The van der Waals surface area contributed by atoms with Gasteiger partial charge in [-0.15, -0.1) is 0 Å². The first kappa shape index (κ1) is 7.55. The lowest BCUT2D eigenvalue weighted by Gasteiger charge is -1.98. The van der Waals surface area contributed by atoms with Gasteiger partial charge in [0.1, 0.15) is 0 Å². The summed E-state index contributed by atoms with van der Waals surface area (Å²) in [5.41, 5.74) is 0.697. The van der Waals surface area contributed by atoms with E-state index in [1.807, 2.05) is 6.07 Å². The lowest BCUT2D eigenvalue weighted by atomic mass is 10.3. The summed E-state index contributed by atoms with van der Waals surface area (Å²) in [4.78, 5) is 14.2. The largest absolute Gasteiger partial charge is 0.359 e. The summed E-state index contributed by atoms with van der Waals surface area (Å²) < 4.78 is 0. The minimum Gasteiger partial charge on any atom is -0.359 e. The Bertz CT molecular complexity index is 262. The van der Waals surface area contributed by atoms with Crippen molar-refractivity contribution in [2.75, 3.05) is 6.54 Å². The molecule has 1 aliphatic carbocycles. The Balaban J connectivity index is 1.83. The molecule has 0 saturated heterocycles. The quantitative estimate of drug-likeness (QED) is 0.651. The SMILES string of the molecule is O=C(CNC1CC1)c1ccc[nH]1. The number of nitrogens with one attached hydrogen (secondary N) is 2. The van der Waals surface area contributed by atoms with Crippen molar-refractivity contribution in [3.8, 4) is 0 Å². The molecule has 1 fully saturated rings. The van der Waals surface area contributed by atoms with Crippen LogP contribution >= 0.6 is 0 Å². The molecule has 0 bridgehead atoms. The van der Waals surface area contributed by atoms with E-state index >= 15 is 0 Å². The zero-order valence-corrected chi connectivity index (χ0v) is 6.84.